The van der Waals surface area contributed by atoms with Gasteiger partial charge in [0.1, 0.15) is 5.82 Å². The monoisotopic (exact) mass is 371 g/mol. The second kappa shape index (κ2) is 8.18. The molecule has 0 atom stereocenters. The van der Waals surface area contributed by atoms with E-state index in [4.69, 9.17) is 4.74 Å². The number of carbonyl (C=O) groups is 2. The van der Waals surface area contributed by atoms with Gasteiger partial charge in [-0.05, 0) is 49.5 Å². The van der Waals surface area contributed by atoms with Crippen molar-refractivity contribution >= 4 is 23.3 Å². The molecule has 0 aliphatic carbocycles. The lowest BCUT2D eigenvalue weighted by Gasteiger charge is -2.35. The lowest BCUT2D eigenvalue weighted by molar-refractivity contribution is 0.0600. The van der Waals surface area contributed by atoms with E-state index in [1.165, 1.54) is 31.4 Å². The van der Waals surface area contributed by atoms with Gasteiger partial charge in [-0.3, -0.25) is 4.79 Å². The number of piperazine rings is 1. The number of nitrogens with one attached hydrogen (secondary N) is 1. The molecule has 0 saturated carbocycles. The van der Waals surface area contributed by atoms with E-state index in [2.05, 4.69) is 22.2 Å². The average molecular weight is 371 g/mol. The van der Waals surface area contributed by atoms with Crippen LogP contribution in [0.3, 0.4) is 0 Å². The van der Waals surface area contributed by atoms with Crippen LogP contribution in [0.15, 0.2) is 42.5 Å². The van der Waals surface area contributed by atoms with E-state index in [0.717, 1.165) is 31.9 Å². The molecule has 0 radical (unpaired) electrons. The largest absolute Gasteiger partial charge is 0.465 e. The minimum absolute atomic E-state index is 0.337. The quantitative estimate of drug-likeness (QED) is 0.837. The molecule has 0 unspecified atom stereocenters. The van der Waals surface area contributed by atoms with Crippen LogP contribution in [0.25, 0.3) is 0 Å². The number of halogens is 1. The molecule has 0 bridgehead atoms. The van der Waals surface area contributed by atoms with Crippen LogP contribution in [-0.4, -0.2) is 57.1 Å². The maximum Gasteiger partial charge on any atom is 0.337 e. The molecule has 0 spiro atoms. The molecule has 2 aromatic rings. The molecule has 0 aromatic heterocycles. The van der Waals surface area contributed by atoms with Crippen molar-refractivity contribution in [3.05, 3.63) is 59.4 Å². The van der Waals surface area contributed by atoms with E-state index in [1.807, 2.05) is 6.07 Å². The van der Waals surface area contributed by atoms with Crippen molar-refractivity contribution in [2.45, 2.75) is 0 Å². The highest BCUT2D eigenvalue weighted by Crippen LogP contribution is 2.29. The Morgan fingerprint density at radius 3 is 2.26 bits per heavy atom. The predicted molar refractivity (Wildman–Crippen MR) is 102 cm³/mol. The number of methoxy groups -OCH3 is 1. The molecule has 7 heteroatoms. The Morgan fingerprint density at radius 2 is 1.63 bits per heavy atom. The number of amides is 1. The summed E-state index contributed by atoms with van der Waals surface area (Å²) in [5, 5.41) is 2.85. The summed E-state index contributed by atoms with van der Waals surface area (Å²) in [5.74, 6) is -1.25. The van der Waals surface area contributed by atoms with E-state index >= 15 is 0 Å². The average Bonchev–Trinajstić information content (AvgIpc) is 2.68. The summed E-state index contributed by atoms with van der Waals surface area (Å²) in [4.78, 5) is 28.9. The van der Waals surface area contributed by atoms with Gasteiger partial charge in [0.05, 0.1) is 24.0 Å². The number of likely N-dealkylation sites (N-methyl/N-ethyl adjacent to an activating group) is 1. The topological polar surface area (TPSA) is 61.9 Å². The normalized spacial score (nSPS) is 14.7. The van der Waals surface area contributed by atoms with Crippen LogP contribution in [0.4, 0.5) is 15.8 Å². The lowest BCUT2D eigenvalue weighted by Crippen LogP contribution is -2.44. The van der Waals surface area contributed by atoms with Gasteiger partial charge in [-0.15, -0.1) is 0 Å². The molecule has 2 aromatic carbocycles. The second-order valence-electron chi connectivity index (χ2n) is 6.47. The number of rotatable bonds is 4. The first-order valence-corrected chi connectivity index (χ1v) is 8.70. The van der Waals surface area contributed by atoms with Crippen molar-refractivity contribution < 1.29 is 18.7 Å². The van der Waals surface area contributed by atoms with Crippen molar-refractivity contribution in [2.75, 3.05) is 50.6 Å². The third kappa shape index (κ3) is 4.43. The van der Waals surface area contributed by atoms with Crippen molar-refractivity contribution in [2.24, 2.45) is 0 Å². The Hall–Kier alpha value is -2.93. The summed E-state index contributed by atoms with van der Waals surface area (Å²) in [5.41, 5.74) is 2.05. The van der Waals surface area contributed by atoms with E-state index < -0.39 is 11.8 Å². The van der Waals surface area contributed by atoms with Gasteiger partial charge in [-0.1, -0.05) is 0 Å². The smallest absolute Gasteiger partial charge is 0.337 e. The molecule has 1 aliphatic heterocycles. The van der Waals surface area contributed by atoms with Gasteiger partial charge in [0.25, 0.3) is 5.91 Å². The third-order valence-corrected chi connectivity index (χ3v) is 4.62. The minimum atomic E-state index is -0.475. The number of ether oxygens (including phenoxy) is 1. The van der Waals surface area contributed by atoms with E-state index in [-0.39, 0.29) is 5.91 Å². The zero-order chi connectivity index (χ0) is 19.4. The molecular formula is C20H22FN3O3. The maximum atomic E-state index is 13.1. The van der Waals surface area contributed by atoms with E-state index in [9.17, 15) is 14.0 Å². The lowest BCUT2D eigenvalue weighted by atomic mass is 10.1. The van der Waals surface area contributed by atoms with Crippen LogP contribution in [0.5, 0.6) is 0 Å². The summed E-state index contributed by atoms with van der Waals surface area (Å²) < 4.78 is 17.9. The predicted octanol–water partition coefficient (Wildman–Crippen LogP) is 2.62. The Kier molecular flexibility index (Phi) is 5.71. The first-order valence-electron chi connectivity index (χ1n) is 8.70. The minimum Gasteiger partial charge on any atom is -0.465 e. The third-order valence-electron chi connectivity index (χ3n) is 4.62. The van der Waals surface area contributed by atoms with Crippen LogP contribution >= 0.6 is 0 Å². The molecule has 1 heterocycles. The van der Waals surface area contributed by atoms with Gasteiger partial charge in [0, 0.05) is 31.7 Å². The summed E-state index contributed by atoms with van der Waals surface area (Å²) >= 11 is 0. The fourth-order valence-electron chi connectivity index (χ4n) is 3.00. The Bertz CT molecular complexity index is 831. The van der Waals surface area contributed by atoms with Crippen molar-refractivity contribution in [3.8, 4) is 0 Å². The SMILES string of the molecule is COC(=O)c1ccc(N2CCN(C)CC2)c(NC(=O)c2ccc(F)cc2)c1. The number of hydrogen-bond acceptors (Lipinski definition) is 5. The Balaban J connectivity index is 1.90. The number of benzene rings is 2. The summed E-state index contributed by atoms with van der Waals surface area (Å²) in [6.45, 7) is 3.44. The van der Waals surface area contributed by atoms with Crippen LogP contribution in [0.2, 0.25) is 0 Å². The molecule has 1 aliphatic rings. The zero-order valence-corrected chi connectivity index (χ0v) is 15.4. The fraction of sp³-hybridized carbons (Fsp3) is 0.300. The Labute approximate surface area is 157 Å². The summed E-state index contributed by atoms with van der Waals surface area (Å²) in [6, 6.07) is 10.4. The molecule has 3 rings (SSSR count). The molecule has 142 valence electrons. The standard InChI is InChI=1S/C20H22FN3O3/c1-23-9-11-24(12-10-23)18-8-5-15(20(26)27-2)13-17(18)22-19(25)14-3-6-16(21)7-4-14/h3-8,13H,9-12H2,1-2H3,(H,22,25). The highest BCUT2D eigenvalue weighted by molar-refractivity contribution is 6.06. The van der Waals surface area contributed by atoms with E-state index in [1.54, 1.807) is 12.1 Å². The molecule has 1 N–H and O–H groups in total. The molecule has 1 amide bonds. The van der Waals surface area contributed by atoms with Gasteiger partial charge >= 0.3 is 5.97 Å². The van der Waals surface area contributed by atoms with E-state index in [0.29, 0.717) is 16.8 Å². The highest BCUT2D eigenvalue weighted by Gasteiger charge is 2.20. The number of hydrogen-bond donors (Lipinski definition) is 1. The molecule has 6 nitrogen and oxygen atoms in total. The van der Waals surface area contributed by atoms with Crippen LogP contribution in [0, 0.1) is 5.82 Å². The van der Waals surface area contributed by atoms with Crippen molar-refractivity contribution in [1.82, 2.24) is 4.90 Å². The van der Waals surface area contributed by atoms with Gasteiger partial charge < -0.3 is 19.9 Å². The highest BCUT2D eigenvalue weighted by atomic mass is 19.1. The number of carbonyl (C=O) groups excluding carboxylic acids is 2. The van der Waals surface area contributed by atoms with Crippen molar-refractivity contribution in [3.63, 3.8) is 0 Å². The molecule has 1 fully saturated rings. The zero-order valence-electron chi connectivity index (χ0n) is 15.4. The molecule has 1 saturated heterocycles. The summed E-state index contributed by atoms with van der Waals surface area (Å²) in [7, 11) is 3.38. The number of esters is 1. The molecule has 27 heavy (non-hydrogen) atoms. The van der Waals surface area contributed by atoms with Gasteiger partial charge in [-0.25, -0.2) is 9.18 Å². The fourth-order valence-corrected chi connectivity index (χ4v) is 3.00. The van der Waals surface area contributed by atoms with Gasteiger partial charge in [0.2, 0.25) is 0 Å². The number of anilines is 2. The van der Waals surface area contributed by atoms with Crippen molar-refractivity contribution in [1.29, 1.82) is 0 Å². The second-order valence-corrected chi connectivity index (χ2v) is 6.47. The van der Waals surface area contributed by atoms with Crippen LogP contribution < -0.4 is 10.2 Å². The van der Waals surface area contributed by atoms with Gasteiger partial charge in [-0.2, -0.15) is 0 Å². The summed E-state index contributed by atoms with van der Waals surface area (Å²) in [6.07, 6.45) is 0. The maximum absolute atomic E-state index is 13.1. The van der Waals surface area contributed by atoms with Crippen LogP contribution in [0.1, 0.15) is 20.7 Å². The molecular weight excluding hydrogens is 349 g/mol. The van der Waals surface area contributed by atoms with Crippen LogP contribution in [-0.2, 0) is 4.74 Å². The Morgan fingerprint density at radius 1 is 1.00 bits per heavy atom. The first-order chi connectivity index (χ1) is 13.0. The van der Waals surface area contributed by atoms with Gasteiger partial charge in [0.15, 0.2) is 0 Å². The number of nitrogens with zero attached hydrogens (tertiary/aromatic N) is 2. The first kappa shape index (κ1) is 18.8.